The molecule has 0 aromatic carbocycles. The van der Waals surface area contributed by atoms with Crippen molar-refractivity contribution in [2.45, 2.75) is 26.7 Å². The number of unbranched alkanes of at least 4 members (excludes halogenated alkanes) is 1. The molecule has 0 atom stereocenters. The van der Waals surface area contributed by atoms with Crippen LogP contribution in [-0.2, 0) is 10.0 Å². The summed E-state index contributed by atoms with van der Waals surface area (Å²) in [5.41, 5.74) is 0.640. The first-order valence-corrected chi connectivity index (χ1v) is 9.12. The third-order valence-electron chi connectivity index (χ3n) is 2.85. The summed E-state index contributed by atoms with van der Waals surface area (Å²) < 4.78 is 28.0. The summed E-state index contributed by atoms with van der Waals surface area (Å²) in [6.45, 7) is 3.69. The van der Waals surface area contributed by atoms with Gasteiger partial charge < -0.3 is 0 Å². The molecule has 0 aliphatic rings. The Labute approximate surface area is 139 Å². The Hall–Kier alpha value is -1.31. The molecule has 0 saturated carbocycles. The number of nitrogens with one attached hydrogen (secondary N) is 1. The minimum atomic E-state index is -3.44. The van der Waals surface area contributed by atoms with Crippen molar-refractivity contribution < 1.29 is 8.42 Å². The highest BCUT2D eigenvalue weighted by Crippen LogP contribution is 2.25. The van der Waals surface area contributed by atoms with Crippen LogP contribution in [-0.4, -0.2) is 28.9 Å². The minimum absolute atomic E-state index is 0.0511. The fourth-order valence-corrected chi connectivity index (χ4v) is 3.54. The fourth-order valence-electron chi connectivity index (χ4n) is 1.84. The van der Waals surface area contributed by atoms with Gasteiger partial charge in [0, 0.05) is 12.3 Å². The van der Waals surface area contributed by atoms with E-state index in [-0.39, 0.29) is 10.8 Å². The maximum atomic E-state index is 12.1. The van der Waals surface area contributed by atoms with E-state index in [9.17, 15) is 8.42 Å². The van der Waals surface area contributed by atoms with Crippen molar-refractivity contribution in [3.8, 4) is 5.82 Å². The molecule has 120 valence electrons. The molecule has 0 aliphatic heterocycles. The van der Waals surface area contributed by atoms with Gasteiger partial charge in [-0.3, -0.25) is 4.72 Å². The van der Waals surface area contributed by atoms with Crippen molar-refractivity contribution in [2.75, 3.05) is 10.5 Å². The Bertz CT molecular complexity index is 774. The van der Waals surface area contributed by atoms with Gasteiger partial charge in [-0.1, -0.05) is 36.5 Å². The number of aryl methyl sites for hydroxylation is 1. The predicted octanol–water partition coefficient (Wildman–Crippen LogP) is 3.42. The van der Waals surface area contributed by atoms with E-state index in [1.165, 1.54) is 16.9 Å². The smallest absolute Gasteiger partial charge is 0.233 e. The predicted molar refractivity (Wildman–Crippen MR) is 88.4 cm³/mol. The molecule has 2 aromatic rings. The second kappa shape index (κ2) is 6.85. The van der Waals surface area contributed by atoms with E-state index in [0.717, 1.165) is 6.42 Å². The number of rotatable bonds is 6. The van der Waals surface area contributed by atoms with Crippen LogP contribution in [0.1, 0.15) is 25.5 Å². The van der Waals surface area contributed by atoms with Gasteiger partial charge in [-0.25, -0.2) is 13.4 Å². The van der Waals surface area contributed by atoms with Crippen molar-refractivity contribution in [2.24, 2.45) is 0 Å². The molecule has 0 aliphatic carbocycles. The normalized spacial score (nSPS) is 11.6. The highest BCUT2D eigenvalue weighted by Gasteiger charge is 2.17. The minimum Gasteiger partial charge on any atom is -0.267 e. The van der Waals surface area contributed by atoms with Gasteiger partial charge >= 0.3 is 0 Å². The van der Waals surface area contributed by atoms with Crippen molar-refractivity contribution in [1.82, 2.24) is 14.8 Å². The molecule has 0 saturated heterocycles. The second-order valence-electron chi connectivity index (χ2n) is 4.82. The molecule has 0 radical (unpaired) electrons. The quantitative estimate of drug-likeness (QED) is 0.853. The average molecular weight is 363 g/mol. The van der Waals surface area contributed by atoms with Crippen LogP contribution in [0.5, 0.6) is 0 Å². The van der Waals surface area contributed by atoms with Crippen molar-refractivity contribution in [1.29, 1.82) is 0 Å². The number of hydrogen-bond acceptors (Lipinski definition) is 4. The first kappa shape index (κ1) is 17.1. The van der Waals surface area contributed by atoms with Gasteiger partial charge in [0.25, 0.3) is 0 Å². The highest BCUT2D eigenvalue weighted by atomic mass is 35.5. The Morgan fingerprint density at radius 1 is 1.32 bits per heavy atom. The number of nitrogens with zero attached hydrogens (tertiary/aromatic N) is 3. The first-order chi connectivity index (χ1) is 10.3. The lowest BCUT2D eigenvalue weighted by Gasteiger charge is -2.10. The summed E-state index contributed by atoms with van der Waals surface area (Å²) in [4.78, 5) is 4.12. The molecule has 2 rings (SSSR count). The van der Waals surface area contributed by atoms with Crippen LogP contribution in [0.25, 0.3) is 5.82 Å². The molecule has 0 fully saturated rings. The number of hydrogen-bond donors (Lipinski definition) is 1. The van der Waals surface area contributed by atoms with Gasteiger partial charge in [-0.2, -0.15) is 9.78 Å². The van der Waals surface area contributed by atoms with E-state index >= 15 is 0 Å². The van der Waals surface area contributed by atoms with Crippen LogP contribution in [0.2, 0.25) is 10.0 Å². The van der Waals surface area contributed by atoms with Gasteiger partial charge in [-0.05, 0) is 19.4 Å². The number of aromatic nitrogens is 3. The van der Waals surface area contributed by atoms with Crippen molar-refractivity contribution >= 4 is 39.0 Å². The van der Waals surface area contributed by atoms with Gasteiger partial charge in [0.2, 0.25) is 10.0 Å². The topological polar surface area (TPSA) is 76.9 Å². The fraction of sp³-hybridized carbons (Fsp3) is 0.385. The lowest BCUT2D eigenvalue weighted by Crippen LogP contribution is -2.19. The van der Waals surface area contributed by atoms with E-state index in [2.05, 4.69) is 14.8 Å². The second-order valence-corrected chi connectivity index (χ2v) is 7.50. The van der Waals surface area contributed by atoms with E-state index in [0.29, 0.717) is 28.8 Å². The van der Waals surface area contributed by atoms with E-state index in [1.807, 2.05) is 6.92 Å². The number of anilines is 1. The zero-order chi connectivity index (χ0) is 16.3. The molecule has 2 aromatic heterocycles. The Morgan fingerprint density at radius 2 is 2.05 bits per heavy atom. The molecule has 2 heterocycles. The third-order valence-corrected chi connectivity index (χ3v) is 4.68. The number of pyridine rings is 1. The first-order valence-electron chi connectivity index (χ1n) is 6.71. The summed E-state index contributed by atoms with van der Waals surface area (Å²) in [6, 6.07) is 3.15. The molecule has 0 bridgehead atoms. The average Bonchev–Trinajstić information content (AvgIpc) is 2.76. The molecule has 0 unspecified atom stereocenters. The van der Waals surface area contributed by atoms with E-state index < -0.39 is 10.0 Å². The maximum Gasteiger partial charge on any atom is 0.233 e. The molecular weight excluding hydrogens is 347 g/mol. The SMILES string of the molecule is CCCCS(=O)(=O)Nc1cc(C)nn1-c1ncc(Cl)cc1Cl. The van der Waals surface area contributed by atoms with Crippen LogP contribution in [0.4, 0.5) is 5.82 Å². The Morgan fingerprint density at radius 3 is 2.68 bits per heavy atom. The molecule has 9 heteroatoms. The number of halogens is 2. The van der Waals surface area contributed by atoms with Gasteiger partial charge in [-0.15, -0.1) is 0 Å². The van der Waals surface area contributed by atoms with Gasteiger partial charge in [0.05, 0.1) is 21.5 Å². The maximum absolute atomic E-state index is 12.1. The molecule has 1 N–H and O–H groups in total. The summed E-state index contributed by atoms with van der Waals surface area (Å²) >= 11 is 11.9. The van der Waals surface area contributed by atoms with Crippen molar-refractivity contribution in [3.63, 3.8) is 0 Å². The van der Waals surface area contributed by atoms with Crippen LogP contribution >= 0.6 is 23.2 Å². The van der Waals surface area contributed by atoms with Crippen LogP contribution in [0.3, 0.4) is 0 Å². The molecular formula is C13H16Cl2N4O2S. The third kappa shape index (κ3) is 4.12. The summed E-state index contributed by atoms with van der Waals surface area (Å²) in [7, 11) is -3.44. The van der Waals surface area contributed by atoms with Crippen LogP contribution in [0.15, 0.2) is 18.3 Å². The number of sulfonamides is 1. The molecule has 0 amide bonds. The largest absolute Gasteiger partial charge is 0.267 e. The lowest BCUT2D eigenvalue weighted by atomic mass is 10.4. The zero-order valence-electron chi connectivity index (χ0n) is 12.2. The van der Waals surface area contributed by atoms with Crippen LogP contribution in [0, 0.1) is 6.92 Å². The van der Waals surface area contributed by atoms with Gasteiger partial charge in [0.15, 0.2) is 5.82 Å². The lowest BCUT2D eigenvalue weighted by molar-refractivity contribution is 0.597. The molecule has 22 heavy (non-hydrogen) atoms. The van der Waals surface area contributed by atoms with E-state index in [1.54, 1.807) is 13.0 Å². The summed E-state index contributed by atoms with van der Waals surface area (Å²) in [6.07, 6.45) is 2.81. The molecule has 6 nitrogen and oxygen atoms in total. The van der Waals surface area contributed by atoms with Crippen molar-refractivity contribution in [3.05, 3.63) is 34.1 Å². The standard InChI is InChI=1S/C13H16Cl2N4O2S/c1-3-4-5-22(20,21)18-12-6-9(2)17-19(12)13-11(15)7-10(14)8-16-13/h6-8,18H,3-5H2,1-2H3. The Kier molecular flexibility index (Phi) is 5.31. The highest BCUT2D eigenvalue weighted by molar-refractivity contribution is 7.92. The Balaban J connectivity index is 2.39. The monoisotopic (exact) mass is 362 g/mol. The summed E-state index contributed by atoms with van der Waals surface area (Å²) in [5, 5.41) is 4.91. The summed E-state index contributed by atoms with van der Waals surface area (Å²) in [5.74, 6) is 0.660. The van der Waals surface area contributed by atoms with Gasteiger partial charge in [0.1, 0.15) is 5.82 Å². The molecule has 0 spiro atoms. The van der Waals surface area contributed by atoms with E-state index in [4.69, 9.17) is 23.2 Å². The van der Waals surface area contributed by atoms with Crippen LogP contribution < -0.4 is 4.72 Å². The zero-order valence-corrected chi connectivity index (χ0v) is 14.5.